The summed E-state index contributed by atoms with van der Waals surface area (Å²) in [6.45, 7) is 0. The third-order valence-corrected chi connectivity index (χ3v) is 4.65. The zero-order chi connectivity index (χ0) is 17.5. The van der Waals surface area contributed by atoms with Gasteiger partial charge in [-0.3, -0.25) is 4.79 Å². The standard InChI is InChI=1S/C23H19BrO/c24-22-15-13-20(14-16-22)23(25)17-21(19-9-5-2-6-10-19)12-11-18-7-3-1-4-8-18/h1-16,21H,17H2/b12-11+. The van der Waals surface area contributed by atoms with Gasteiger partial charge in [-0.25, -0.2) is 0 Å². The number of carbonyl (C=O) groups excluding carboxylic acids is 1. The van der Waals surface area contributed by atoms with Crippen molar-refractivity contribution in [3.8, 4) is 0 Å². The van der Waals surface area contributed by atoms with E-state index in [-0.39, 0.29) is 11.7 Å². The number of hydrogen-bond acceptors (Lipinski definition) is 1. The van der Waals surface area contributed by atoms with Crippen molar-refractivity contribution >= 4 is 27.8 Å². The van der Waals surface area contributed by atoms with E-state index in [2.05, 4.69) is 52.3 Å². The lowest BCUT2D eigenvalue weighted by molar-refractivity contribution is 0.0978. The largest absolute Gasteiger partial charge is 0.294 e. The molecule has 124 valence electrons. The first-order valence-electron chi connectivity index (χ1n) is 8.29. The first-order valence-corrected chi connectivity index (χ1v) is 9.08. The molecular weight excluding hydrogens is 372 g/mol. The minimum atomic E-state index is 0.0533. The molecule has 0 aromatic heterocycles. The van der Waals surface area contributed by atoms with E-state index in [0.717, 1.165) is 21.2 Å². The van der Waals surface area contributed by atoms with E-state index in [0.29, 0.717) is 6.42 Å². The van der Waals surface area contributed by atoms with E-state index in [1.165, 1.54) is 0 Å². The summed E-state index contributed by atoms with van der Waals surface area (Å²) in [5.74, 6) is 0.205. The smallest absolute Gasteiger partial charge is 0.163 e. The molecule has 2 heteroatoms. The van der Waals surface area contributed by atoms with Crippen LogP contribution in [0.25, 0.3) is 6.08 Å². The first kappa shape index (κ1) is 17.4. The molecule has 0 N–H and O–H groups in total. The van der Waals surface area contributed by atoms with E-state index in [1.807, 2.05) is 60.7 Å². The maximum absolute atomic E-state index is 12.7. The summed E-state index contributed by atoms with van der Waals surface area (Å²) in [4.78, 5) is 12.7. The highest BCUT2D eigenvalue weighted by Gasteiger charge is 2.15. The highest BCUT2D eigenvalue weighted by Crippen LogP contribution is 2.25. The molecule has 0 fully saturated rings. The first-order chi connectivity index (χ1) is 12.2. The Morgan fingerprint density at radius 2 is 1.44 bits per heavy atom. The van der Waals surface area contributed by atoms with Gasteiger partial charge in [-0.05, 0) is 23.3 Å². The molecule has 0 bridgehead atoms. The maximum Gasteiger partial charge on any atom is 0.163 e. The van der Waals surface area contributed by atoms with Crippen LogP contribution in [0.2, 0.25) is 0 Å². The predicted octanol–water partition coefficient (Wildman–Crippen LogP) is 6.52. The molecule has 1 unspecified atom stereocenters. The highest BCUT2D eigenvalue weighted by molar-refractivity contribution is 9.10. The lowest BCUT2D eigenvalue weighted by atomic mass is 9.90. The van der Waals surface area contributed by atoms with E-state index in [1.54, 1.807) is 0 Å². The molecule has 0 spiro atoms. The van der Waals surface area contributed by atoms with Crippen LogP contribution in [0.3, 0.4) is 0 Å². The molecule has 3 rings (SSSR count). The van der Waals surface area contributed by atoms with Crippen molar-refractivity contribution in [3.05, 3.63) is 112 Å². The van der Waals surface area contributed by atoms with Crippen molar-refractivity contribution in [1.29, 1.82) is 0 Å². The minimum Gasteiger partial charge on any atom is -0.294 e. The molecular formula is C23H19BrO. The summed E-state index contributed by atoms with van der Waals surface area (Å²) in [7, 11) is 0. The molecule has 25 heavy (non-hydrogen) atoms. The fraction of sp³-hybridized carbons (Fsp3) is 0.0870. The van der Waals surface area contributed by atoms with Crippen molar-refractivity contribution in [3.63, 3.8) is 0 Å². The molecule has 3 aromatic rings. The van der Waals surface area contributed by atoms with Crippen LogP contribution in [0, 0.1) is 0 Å². The Morgan fingerprint density at radius 3 is 2.08 bits per heavy atom. The monoisotopic (exact) mass is 390 g/mol. The van der Waals surface area contributed by atoms with Gasteiger partial charge < -0.3 is 0 Å². The molecule has 0 saturated carbocycles. The van der Waals surface area contributed by atoms with E-state index in [9.17, 15) is 4.79 Å². The van der Waals surface area contributed by atoms with Crippen molar-refractivity contribution in [1.82, 2.24) is 0 Å². The Bertz CT molecular complexity index is 836. The Labute approximate surface area is 157 Å². The summed E-state index contributed by atoms with van der Waals surface area (Å²) in [6.07, 6.45) is 4.67. The molecule has 0 heterocycles. The number of rotatable bonds is 6. The maximum atomic E-state index is 12.7. The van der Waals surface area contributed by atoms with Crippen molar-refractivity contribution in [2.75, 3.05) is 0 Å². The van der Waals surface area contributed by atoms with Gasteiger partial charge in [0.1, 0.15) is 0 Å². The Morgan fingerprint density at radius 1 is 0.840 bits per heavy atom. The quantitative estimate of drug-likeness (QED) is 0.437. The number of carbonyl (C=O) groups is 1. The summed E-state index contributed by atoms with van der Waals surface area (Å²) >= 11 is 3.41. The van der Waals surface area contributed by atoms with Gasteiger partial charge in [-0.1, -0.05) is 101 Å². The molecule has 0 amide bonds. The van der Waals surface area contributed by atoms with Gasteiger partial charge in [0.15, 0.2) is 5.78 Å². The van der Waals surface area contributed by atoms with Crippen LogP contribution in [0.15, 0.2) is 95.5 Å². The highest BCUT2D eigenvalue weighted by atomic mass is 79.9. The van der Waals surface area contributed by atoms with E-state index < -0.39 is 0 Å². The summed E-state index contributed by atoms with van der Waals surface area (Å²) in [5.41, 5.74) is 3.04. The van der Waals surface area contributed by atoms with Crippen LogP contribution in [0.5, 0.6) is 0 Å². The third-order valence-electron chi connectivity index (χ3n) is 4.12. The number of allylic oxidation sites excluding steroid dienone is 1. The average Bonchev–Trinajstić information content (AvgIpc) is 2.67. The Kier molecular flexibility index (Phi) is 5.97. The van der Waals surface area contributed by atoms with Gasteiger partial charge in [-0.15, -0.1) is 0 Å². The lowest BCUT2D eigenvalue weighted by Gasteiger charge is -2.13. The van der Waals surface area contributed by atoms with Gasteiger partial charge in [0, 0.05) is 22.4 Å². The number of halogens is 1. The predicted molar refractivity (Wildman–Crippen MR) is 108 cm³/mol. The molecule has 0 radical (unpaired) electrons. The minimum absolute atomic E-state index is 0.0533. The van der Waals surface area contributed by atoms with Crippen molar-refractivity contribution in [2.45, 2.75) is 12.3 Å². The summed E-state index contributed by atoms with van der Waals surface area (Å²) in [6, 6.07) is 27.9. The molecule has 0 aliphatic rings. The fourth-order valence-corrected chi connectivity index (χ4v) is 3.01. The van der Waals surface area contributed by atoms with Crippen molar-refractivity contribution < 1.29 is 4.79 Å². The molecule has 3 aromatic carbocycles. The van der Waals surface area contributed by atoms with Crippen molar-refractivity contribution in [2.24, 2.45) is 0 Å². The van der Waals surface area contributed by atoms with Crippen LogP contribution in [-0.4, -0.2) is 5.78 Å². The zero-order valence-corrected chi connectivity index (χ0v) is 15.4. The molecule has 0 aliphatic heterocycles. The fourth-order valence-electron chi connectivity index (χ4n) is 2.74. The number of Topliss-reactive ketones (excluding diaryl/α,β-unsaturated/α-hetero) is 1. The van der Waals surface area contributed by atoms with Gasteiger partial charge >= 0.3 is 0 Å². The Hall–Kier alpha value is -2.45. The number of benzene rings is 3. The van der Waals surface area contributed by atoms with Crippen LogP contribution in [0.1, 0.15) is 33.8 Å². The molecule has 1 atom stereocenters. The average molecular weight is 391 g/mol. The number of hydrogen-bond donors (Lipinski definition) is 0. The normalized spacial score (nSPS) is 12.2. The lowest BCUT2D eigenvalue weighted by Crippen LogP contribution is -2.06. The van der Waals surface area contributed by atoms with Gasteiger partial charge in [0.2, 0.25) is 0 Å². The molecule has 1 nitrogen and oxygen atoms in total. The zero-order valence-electron chi connectivity index (χ0n) is 13.8. The van der Waals surface area contributed by atoms with E-state index >= 15 is 0 Å². The van der Waals surface area contributed by atoms with E-state index in [4.69, 9.17) is 0 Å². The van der Waals surface area contributed by atoms with Crippen LogP contribution >= 0.6 is 15.9 Å². The summed E-state index contributed by atoms with van der Waals surface area (Å²) in [5, 5.41) is 0. The van der Waals surface area contributed by atoms with Crippen LogP contribution < -0.4 is 0 Å². The van der Waals surface area contributed by atoms with Crippen LogP contribution in [-0.2, 0) is 0 Å². The SMILES string of the molecule is O=C(CC(/C=C/c1ccccc1)c1ccccc1)c1ccc(Br)cc1. The topological polar surface area (TPSA) is 17.1 Å². The number of ketones is 1. The third kappa shape index (κ3) is 5.01. The second-order valence-corrected chi connectivity index (χ2v) is 6.84. The second-order valence-electron chi connectivity index (χ2n) is 5.92. The summed E-state index contributed by atoms with van der Waals surface area (Å²) < 4.78 is 0.979. The van der Waals surface area contributed by atoms with Gasteiger partial charge in [-0.2, -0.15) is 0 Å². The van der Waals surface area contributed by atoms with Crippen LogP contribution in [0.4, 0.5) is 0 Å². The van der Waals surface area contributed by atoms with Gasteiger partial charge in [0.05, 0.1) is 0 Å². The Balaban J connectivity index is 1.82. The second kappa shape index (κ2) is 8.59. The molecule has 0 aliphatic carbocycles. The van der Waals surface area contributed by atoms with Gasteiger partial charge in [0.25, 0.3) is 0 Å². The molecule has 0 saturated heterocycles.